The lowest BCUT2D eigenvalue weighted by atomic mass is 10.1. The molecule has 41 heavy (non-hydrogen) atoms. The van der Waals surface area contributed by atoms with Gasteiger partial charge in [0.05, 0.1) is 29.4 Å². The summed E-state index contributed by atoms with van der Waals surface area (Å²) in [5, 5.41) is 4.10. The number of nitrogens with one attached hydrogen (secondary N) is 1. The SMILES string of the molecule is COc1ccc(-c2nc3cnc(NCc4ccc(Cl)c(Cl)c4)nc3n([C@@H]3CCN(C(=O)OC(C)(C)C)C3)c2=O)cc1. The van der Waals surface area contributed by atoms with Crippen LogP contribution in [0, 0.1) is 0 Å². The lowest BCUT2D eigenvalue weighted by Gasteiger charge is -2.24. The van der Waals surface area contributed by atoms with E-state index in [1.807, 2.05) is 26.8 Å². The number of aromatic nitrogens is 4. The van der Waals surface area contributed by atoms with Crippen molar-refractivity contribution in [3.05, 3.63) is 74.6 Å². The number of carbonyl (C=O) groups is 1. The molecule has 1 aliphatic heterocycles. The number of hydrogen-bond acceptors (Lipinski definition) is 8. The molecule has 10 nitrogen and oxygen atoms in total. The largest absolute Gasteiger partial charge is 0.497 e. The second kappa shape index (κ2) is 11.5. The summed E-state index contributed by atoms with van der Waals surface area (Å²) < 4.78 is 12.5. The van der Waals surface area contributed by atoms with Crippen molar-refractivity contribution >= 4 is 46.4 Å². The van der Waals surface area contributed by atoms with Gasteiger partial charge in [-0.3, -0.25) is 9.36 Å². The molecule has 1 fully saturated rings. The smallest absolute Gasteiger partial charge is 0.410 e. The summed E-state index contributed by atoms with van der Waals surface area (Å²) in [6.45, 7) is 6.60. The van der Waals surface area contributed by atoms with E-state index >= 15 is 0 Å². The van der Waals surface area contributed by atoms with Crippen LogP contribution in [0.3, 0.4) is 0 Å². The Morgan fingerprint density at radius 3 is 2.54 bits per heavy atom. The summed E-state index contributed by atoms with van der Waals surface area (Å²) in [6, 6.07) is 12.1. The molecular formula is C29H30Cl2N6O4. The van der Waals surface area contributed by atoms with Crippen LogP contribution in [0.25, 0.3) is 22.4 Å². The topological polar surface area (TPSA) is 111 Å². The fraction of sp³-hybridized carbons (Fsp3) is 0.345. The van der Waals surface area contributed by atoms with Gasteiger partial charge in [-0.2, -0.15) is 4.98 Å². The van der Waals surface area contributed by atoms with Crippen LogP contribution in [-0.2, 0) is 11.3 Å². The van der Waals surface area contributed by atoms with E-state index < -0.39 is 11.7 Å². The van der Waals surface area contributed by atoms with Crippen molar-refractivity contribution in [1.29, 1.82) is 0 Å². The molecule has 2 aromatic carbocycles. The number of nitrogens with zero attached hydrogens (tertiary/aromatic N) is 5. The van der Waals surface area contributed by atoms with Gasteiger partial charge < -0.3 is 19.7 Å². The predicted molar refractivity (Wildman–Crippen MR) is 159 cm³/mol. The van der Waals surface area contributed by atoms with Crippen molar-refractivity contribution in [3.63, 3.8) is 0 Å². The second-order valence-corrected chi connectivity index (χ2v) is 11.6. The number of ether oxygens (including phenoxy) is 2. The number of amides is 1. The molecule has 1 saturated heterocycles. The number of benzene rings is 2. The Morgan fingerprint density at radius 1 is 1.10 bits per heavy atom. The Hall–Kier alpha value is -3.89. The van der Waals surface area contributed by atoms with Crippen LogP contribution in [0.1, 0.15) is 38.8 Å². The number of anilines is 1. The summed E-state index contributed by atoms with van der Waals surface area (Å²) in [5.41, 5.74) is 1.66. The van der Waals surface area contributed by atoms with Crippen LogP contribution in [0.2, 0.25) is 10.0 Å². The van der Waals surface area contributed by atoms with Gasteiger partial charge in [0.2, 0.25) is 5.95 Å². The Kier molecular flexibility index (Phi) is 8.06. The third-order valence-corrected chi connectivity index (χ3v) is 7.35. The summed E-state index contributed by atoms with van der Waals surface area (Å²) in [6.07, 6.45) is 1.72. The molecule has 1 amide bonds. The van der Waals surface area contributed by atoms with Gasteiger partial charge in [-0.1, -0.05) is 29.3 Å². The number of carbonyl (C=O) groups excluding carboxylic acids is 1. The summed E-state index contributed by atoms with van der Waals surface area (Å²) >= 11 is 12.2. The molecule has 0 unspecified atom stereocenters. The molecule has 0 aliphatic carbocycles. The number of fused-ring (bicyclic) bond motifs is 1. The van der Waals surface area contributed by atoms with Crippen molar-refractivity contribution in [2.75, 3.05) is 25.5 Å². The third-order valence-electron chi connectivity index (χ3n) is 6.61. The number of halogens is 2. The van der Waals surface area contributed by atoms with Crippen LogP contribution >= 0.6 is 23.2 Å². The van der Waals surface area contributed by atoms with Gasteiger partial charge in [0.25, 0.3) is 5.56 Å². The highest BCUT2D eigenvalue weighted by Gasteiger charge is 2.33. The highest BCUT2D eigenvalue weighted by atomic mass is 35.5. The van der Waals surface area contributed by atoms with Crippen molar-refractivity contribution in [2.45, 2.75) is 45.4 Å². The van der Waals surface area contributed by atoms with Crippen LogP contribution in [0.5, 0.6) is 5.75 Å². The maximum Gasteiger partial charge on any atom is 0.410 e. The zero-order valence-electron chi connectivity index (χ0n) is 23.1. The van der Waals surface area contributed by atoms with E-state index in [4.69, 9.17) is 37.7 Å². The van der Waals surface area contributed by atoms with Gasteiger partial charge in [0.15, 0.2) is 5.65 Å². The number of likely N-dealkylation sites (tertiary alicyclic amines) is 1. The van der Waals surface area contributed by atoms with Gasteiger partial charge in [0.1, 0.15) is 22.6 Å². The van der Waals surface area contributed by atoms with E-state index in [9.17, 15) is 9.59 Å². The fourth-order valence-corrected chi connectivity index (χ4v) is 4.96. The molecular weight excluding hydrogens is 567 g/mol. The highest BCUT2D eigenvalue weighted by Crippen LogP contribution is 2.28. The van der Waals surface area contributed by atoms with Gasteiger partial charge >= 0.3 is 6.09 Å². The standard InChI is InChI=1S/C29H30Cl2N6O4/c1-29(2,3)41-28(39)36-12-11-19(16-36)37-25-23(34-24(26(37)38)18-6-8-20(40-4)9-7-18)15-33-27(35-25)32-14-17-5-10-21(30)22(31)13-17/h5-10,13,15,19H,11-12,14,16H2,1-4H3,(H,32,33,35)/t19-/m1/s1. The van der Waals surface area contributed by atoms with Crippen LogP contribution < -0.4 is 15.6 Å². The number of hydrogen-bond donors (Lipinski definition) is 1. The van der Waals surface area contributed by atoms with E-state index in [2.05, 4.69) is 15.3 Å². The normalized spacial score (nSPS) is 15.3. The quantitative estimate of drug-likeness (QED) is 0.290. The van der Waals surface area contributed by atoms with Crippen molar-refractivity contribution in [1.82, 2.24) is 24.4 Å². The molecule has 12 heteroatoms. The first kappa shape index (κ1) is 28.6. The molecule has 2 aromatic heterocycles. The zero-order chi connectivity index (χ0) is 29.3. The third kappa shape index (κ3) is 6.39. The van der Waals surface area contributed by atoms with E-state index in [1.165, 1.54) is 0 Å². The molecule has 3 heterocycles. The average Bonchev–Trinajstić information content (AvgIpc) is 3.42. The minimum atomic E-state index is -0.626. The maximum atomic E-state index is 14.0. The Bertz CT molecular complexity index is 1650. The molecule has 5 rings (SSSR count). The van der Waals surface area contributed by atoms with Crippen molar-refractivity contribution < 1.29 is 14.3 Å². The Morgan fingerprint density at radius 2 is 1.85 bits per heavy atom. The second-order valence-electron chi connectivity index (χ2n) is 10.7. The Labute approximate surface area is 247 Å². The summed E-state index contributed by atoms with van der Waals surface area (Å²) in [4.78, 5) is 42.2. The van der Waals surface area contributed by atoms with Crippen LogP contribution in [0.15, 0.2) is 53.5 Å². The highest BCUT2D eigenvalue weighted by molar-refractivity contribution is 6.42. The lowest BCUT2D eigenvalue weighted by molar-refractivity contribution is 0.0289. The zero-order valence-corrected chi connectivity index (χ0v) is 24.7. The average molecular weight is 598 g/mol. The van der Waals surface area contributed by atoms with Crippen LogP contribution in [-0.4, -0.2) is 56.3 Å². The molecule has 4 aromatic rings. The molecule has 0 bridgehead atoms. The molecule has 0 radical (unpaired) electrons. The monoisotopic (exact) mass is 596 g/mol. The van der Waals surface area contributed by atoms with E-state index in [0.717, 1.165) is 5.56 Å². The predicted octanol–water partition coefficient (Wildman–Crippen LogP) is 5.96. The van der Waals surface area contributed by atoms with Gasteiger partial charge in [-0.25, -0.2) is 14.8 Å². The first-order valence-corrected chi connectivity index (χ1v) is 13.9. The minimum Gasteiger partial charge on any atom is -0.497 e. The number of methoxy groups -OCH3 is 1. The lowest BCUT2D eigenvalue weighted by Crippen LogP contribution is -2.36. The van der Waals surface area contributed by atoms with Crippen molar-refractivity contribution in [3.8, 4) is 17.0 Å². The van der Waals surface area contributed by atoms with Crippen LogP contribution in [0.4, 0.5) is 10.7 Å². The fourth-order valence-electron chi connectivity index (χ4n) is 4.64. The number of rotatable bonds is 6. The summed E-state index contributed by atoms with van der Waals surface area (Å²) in [5.74, 6) is 0.984. The molecule has 1 aliphatic rings. The molecule has 1 atom stereocenters. The molecule has 0 saturated carbocycles. The minimum absolute atomic E-state index is 0.260. The summed E-state index contributed by atoms with van der Waals surface area (Å²) in [7, 11) is 1.58. The van der Waals surface area contributed by atoms with Gasteiger partial charge in [-0.15, -0.1) is 0 Å². The maximum absolute atomic E-state index is 14.0. The first-order valence-electron chi connectivity index (χ1n) is 13.1. The molecule has 214 valence electrons. The van der Waals surface area contributed by atoms with Gasteiger partial charge in [-0.05, 0) is 69.2 Å². The van der Waals surface area contributed by atoms with E-state index in [0.29, 0.717) is 64.5 Å². The molecule has 1 N–H and O–H groups in total. The molecule has 0 spiro atoms. The van der Waals surface area contributed by atoms with E-state index in [-0.39, 0.29) is 17.3 Å². The van der Waals surface area contributed by atoms with E-state index in [1.54, 1.807) is 59.2 Å². The Balaban J connectivity index is 1.53. The first-order chi connectivity index (χ1) is 19.5. The van der Waals surface area contributed by atoms with Crippen molar-refractivity contribution in [2.24, 2.45) is 0 Å². The van der Waals surface area contributed by atoms with Gasteiger partial charge in [0, 0.05) is 25.2 Å².